The Balaban J connectivity index is 1.74. The first-order chi connectivity index (χ1) is 12.3. The number of nitrogens with zero attached hydrogens (tertiary/aromatic N) is 1. The summed E-state index contributed by atoms with van der Waals surface area (Å²) in [7, 11) is 0. The Labute approximate surface area is 152 Å². The highest BCUT2D eigenvalue weighted by Crippen LogP contribution is 2.42. The van der Waals surface area contributed by atoms with Gasteiger partial charge in [-0.3, -0.25) is 0 Å². The topological polar surface area (TPSA) is 24.4 Å². The van der Waals surface area contributed by atoms with Crippen LogP contribution in [0.4, 0.5) is 11.4 Å². The highest BCUT2D eigenvalue weighted by Gasteiger charge is 2.18. The first-order valence-electron chi connectivity index (χ1n) is 8.24. The third-order valence-electron chi connectivity index (χ3n) is 3.97. The van der Waals surface area contributed by atoms with E-state index in [1.165, 1.54) is 21.6 Å². The van der Waals surface area contributed by atoms with Gasteiger partial charge in [-0.2, -0.15) is 0 Å². The SMILES string of the molecule is Cc1ccc2c(c1)/C(=C\c1ccccc1)SC(Nc1ccccc1)=N2. The third kappa shape index (κ3) is 3.67. The normalized spacial score (nSPS) is 14.8. The molecule has 0 fully saturated rings. The third-order valence-corrected chi connectivity index (χ3v) is 4.91. The quantitative estimate of drug-likeness (QED) is 0.587. The van der Waals surface area contributed by atoms with E-state index in [9.17, 15) is 0 Å². The minimum absolute atomic E-state index is 0.893. The van der Waals surface area contributed by atoms with Gasteiger partial charge >= 0.3 is 0 Å². The lowest BCUT2D eigenvalue weighted by Crippen LogP contribution is -2.10. The van der Waals surface area contributed by atoms with Crippen molar-refractivity contribution >= 4 is 39.3 Å². The molecule has 0 bridgehead atoms. The number of fused-ring (bicyclic) bond motifs is 1. The average Bonchev–Trinajstić information content (AvgIpc) is 2.64. The second-order valence-corrected chi connectivity index (χ2v) is 6.98. The number of hydrogen-bond acceptors (Lipinski definition) is 3. The molecule has 25 heavy (non-hydrogen) atoms. The molecular formula is C22H18N2S. The fraction of sp³-hybridized carbons (Fsp3) is 0.0455. The van der Waals surface area contributed by atoms with Crippen LogP contribution in [-0.2, 0) is 0 Å². The first kappa shape index (κ1) is 15.7. The fourth-order valence-corrected chi connectivity index (χ4v) is 3.73. The Hall–Kier alpha value is -2.78. The lowest BCUT2D eigenvalue weighted by Gasteiger charge is -2.19. The molecule has 0 aliphatic carbocycles. The predicted octanol–water partition coefficient (Wildman–Crippen LogP) is 6.34. The van der Waals surface area contributed by atoms with E-state index in [2.05, 4.69) is 60.8 Å². The van der Waals surface area contributed by atoms with E-state index < -0.39 is 0 Å². The molecule has 3 aromatic rings. The highest BCUT2D eigenvalue weighted by atomic mass is 32.2. The Morgan fingerprint density at radius 2 is 1.60 bits per heavy atom. The van der Waals surface area contributed by atoms with Gasteiger partial charge in [0.05, 0.1) is 5.69 Å². The van der Waals surface area contributed by atoms with Crippen molar-refractivity contribution in [2.24, 2.45) is 4.99 Å². The van der Waals surface area contributed by atoms with Crippen molar-refractivity contribution in [2.45, 2.75) is 6.92 Å². The van der Waals surface area contributed by atoms with Gasteiger partial charge in [0.25, 0.3) is 0 Å². The summed E-state index contributed by atoms with van der Waals surface area (Å²) in [6, 6.07) is 27.0. The number of thioether (sulfide) groups is 1. The van der Waals surface area contributed by atoms with Crippen LogP contribution in [0.25, 0.3) is 11.0 Å². The van der Waals surface area contributed by atoms with Gasteiger partial charge in [-0.25, -0.2) is 4.99 Å². The molecule has 0 aromatic heterocycles. The molecule has 1 N–H and O–H groups in total. The van der Waals surface area contributed by atoms with Gasteiger partial charge in [0, 0.05) is 16.2 Å². The lowest BCUT2D eigenvalue weighted by molar-refractivity contribution is 1.41. The van der Waals surface area contributed by atoms with Crippen LogP contribution in [0.3, 0.4) is 0 Å². The average molecular weight is 342 g/mol. The van der Waals surface area contributed by atoms with Gasteiger partial charge in [-0.05, 0) is 42.8 Å². The number of para-hydroxylation sites is 1. The summed E-state index contributed by atoms with van der Waals surface area (Å²) >= 11 is 1.67. The summed E-state index contributed by atoms with van der Waals surface area (Å²) < 4.78 is 0. The van der Waals surface area contributed by atoms with Crippen molar-refractivity contribution in [3.8, 4) is 0 Å². The maximum absolute atomic E-state index is 4.80. The summed E-state index contributed by atoms with van der Waals surface area (Å²) in [4.78, 5) is 6.01. The van der Waals surface area contributed by atoms with Crippen LogP contribution in [0.5, 0.6) is 0 Å². The van der Waals surface area contributed by atoms with Gasteiger partial charge in [0.1, 0.15) is 0 Å². The van der Waals surface area contributed by atoms with Gasteiger partial charge in [0.2, 0.25) is 0 Å². The number of amidine groups is 1. The van der Waals surface area contributed by atoms with Crippen LogP contribution in [0.15, 0.2) is 83.9 Å². The first-order valence-corrected chi connectivity index (χ1v) is 9.06. The van der Waals surface area contributed by atoms with Crippen molar-refractivity contribution in [1.82, 2.24) is 0 Å². The molecule has 1 aliphatic rings. The van der Waals surface area contributed by atoms with Gasteiger partial charge in [-0.1, -0.05) is 71.9 Å². The summed E-state index contributed by atoms with van der Waals surface area (Å²) in [5.74, 6) is 0. The number of rotatable bonds is 2. The molecule has 3 aromatic carbocycles. The molecule has 0 amide bonds. The summed E-state index contributed by atoms with van der Waals surface area (Å²) in [6.07, 6.45) is 2.23. The Morgan fingerprint density at radius 3 is 2.36 bits per heavy atom. The molecular weight excluding hydrogens is 324 g/mol. The van der Waals surface area contributed by atoms with Crippen LogP contribution in [0.2, 0.25) is 0 Å². The fourth-order valence-electron chi connectivity index (χ4n) is 2.74. The van der Waals surface area contributed by atoms with E-state index in [0.717, 1.165) is 16.5 Å². The molecule has 0 unspecified atom stereocenters. The maximum Gasteiger partial charge on any atom is 0.171 e. The lowest BCUT2D eigenvalue weighted by atomic mass is 10.1. The highest BCUT2D eigenvalue weighted by molar-refractivity contribution is 8.22. The van der Waals surface area contributed by atoms with E-state index in [1.807, 2.05) is 36.4 Å². The maximum atomic E-state index is 4.80. The van der Waals surface area contributed by atoms with Gasteiger partial charge in [0.15, 0.2) is 5.17 Å². The molecule has 122 valence electrons. The zero-order valence-corrected chi connectivity index (χ0v) is 14.8. The molecule has 0 saturated heterocycles. The minimum Gasteiger partial charge on any atom is -0.334 e. The van der Waals surface area contributed by atoms with Gasteiger partial charge < -0.3 is 5.32 Å². The number of anilines is 1. The molecule has 2 nitrogen and oxygen atoms in total. The summed E-state index contributed by atoms with van der Waals surface area (Å²) in [5.41, 5.74) is 5.67. The standard InChI is InChI=1S/C22H18N2S/c1-16-12-13-20-19(14-16)21(15-17-8-4-2-5-9-17)25-22(24-20)23-18-10-6-3-7-11-18/h2-15H,1H3,(H,23,24)/b21-15+. The molecule has 0 saturated carbocycles. The number of aliphatic imine (C=N–C) groups is 1. The largest absolute Gasteiger partial charge is 0.334 e. The van der Waals surface area contributed by atoms with Crippen molar-refractivity contribution in [3.63, 3.8) is 0 Å². The van der Waals surface area contributed by atoms with E-state index >= 15 is 0 Å². The zero-order valence-electron chi connectivity index (χ0n) is 13.9. The van der Waals surface area contributed by atoms with Crippen LogP contribution >= 0.6 is 11.8 Å². The van der Waals surface area contributed by atoms with Crippen molar-refractivity contribution in [2.75, 3.05) is 5.32 Å². The van der Waals surface area contributed by atoms with Crippen LogP contribution in [0, 0.1) is 6.92 Å². The zero-order chi connectivity index (χ0) is 17.1. The van der Waals surface area contributed by atoms with Crippen molar-refractivity contribution in [3.05, 3.63) is 95.6 Å². The van der Waals surface area contributed by atoms with Crippen LogP contribution < -0.4 is 5.32 Å². The number of benzene rings is 3. The Kier molecular flexibility index (Phi) is 4.40. The van der Waals surface area contributed by atoms with E-state index in [1.54, 1.807) is 11.8 Å². The molecule has 3 heteroatoms. The van der Waals surface area contributed by atoms with E-state index in [0.29, 0.717) is 0 Å². The molecule has 1 aliphatic heterocycles. The van der Waals surface area contributed by atoms with Crippen molar-refractivity contribution in [1.29, 1.82) is 0 Å². The smallest absolute Gasteiger partial charge is 0.171 e. The second-order valence-electron chi connectivity index (χ2n) is 5.95. The summed E-state index contributed by atoms with van der Waals surface area (Å²) in [6.45, 7) is 2.12. The number of hydrogen-bond donors (Lipinski definition) is 1. The monoisotopic (exact) mass is 342 g/mol. The summed E-state index contributed by atoms with van der Waals surface area (Å²) in [5, 5.41) is 4.32. The second kappa shape index (κ2) is 6.99. The molecule has 4 rings (SSSR count). The number of aryl methyl sites for hydroxylation is 1. The Bertz CT molecular complexity index is 944. The van der Waals surface area contributed by atoms with E-state index in [-0.39, 0.29) is 0 Å². The van der Waals surface area contributed by atoms with Crippen molar-refractivity contribution < 1.29 is 0 Å². The van der Waals surface area contributed by atoms with Gasteiger partial charge in [-0.15, -0.1) is 0 Å². The van der Waals surface area contributed by atoms with Crippen LogP contribution in [0.1, 0.15) is 16.7 Å². The molecule has 0 spiro atoms. The van der Waals surface area contributed by atoms with Crippen LogP contribution in [-0.4, -0.2) is 5.17 Å². The minimum atomic E-state index is 0.893. The molecule has 0 radical (unpaired) electrons. The van der Waals surface area contributed by atoms with E-state index in [4.69, 9.17) is 4.99 Å². The predicted molar refractivity (Wildman–Crippen MR) is 110 cm³/mol. The molecule has 0 atom stereocenters. The number of nitrogens with one attached hydrogen (secondary N) is 1. The Morgan fingerprint density at radius 1 is 0.880 bits per heavy atom. The molecule has 1 heterocycles.